The molecule has 0 heterocycles. The first-order valence-corrected chi connectivity index (χ1v) is 9.33. The molecule has 3 heteroatoms. The normalized spacial score (nSPS) is 39.9. The molecule has 4 atom stereocenters. The summed E-state index contributed by atoms with van der Waals surface area (Å²) in [6.45, 7) is 5.91. The fraction of sp³-hybridized carbons (Fsp3) is 0.714. The summed E-state index contributed by atoms with van der Waals surface area (Å²) in [5.74, 6) is 2.76. The maximum atomic E-state index is 5.56. The summed E-state index contributed by atoms with van der Waals surface area (Å²) in [5, 5.41) is 3.98. The van der Waals surface area contributed by atoms with Gasteiger partial charge in [-0.3, -0.25) is 0 Å². The molecule has 1 aromatic carbocycles. The molecule has 0 aromatic heterocycles. The van der Waals surface area contributed by atoms with E-state index in [4.69, 9.17) is 9.47 Å². The molecule has 4 aliphatic carbocycles. The Morgan fingerprint density at radius 1 is 1.00 bits per heavy atom. The second kappa shape index (κ2) is 5.39. The van der Waals surface area contributed by atoms with Gasteiger partial charge >= 0.3 is 0 Å². The molecule has 24 heavy (non-hydrogen) atoms. The summed E-state index contributed by atoms with van der Waals surface area (Å²) in [5.41, 5.74) is 2.60. The Bertz CT molecular complexity index is 623. The van der Waals surface area contributed by atoms with Crippen LogP contribution in [-0.2, 0) is 6.54 Å². The molecule has 4 aliphatic rings. The van der Waals surface area contributed by atoms with Crippen LogP contribution < -0.4 is 14.8 Å². The fourth-order valence-corrected chi connectivity index (χ4v) is 6.95. The number of nitrogens with one attached hydrogen (secondary N) is 1. The van der Waals surface area contributed by atoms with E-state index in [2.05, 4.69) is 25.2 Å². The third kappa shape index (κ3) is 2.71. The second-order valence-electron chi connectivity index (χ2n) is 9.44. The summed E-state index contributed by atoms with van der Waals surface area (Å²) in [7, 11) is 3.47. The number of methoxy groups -OCH3 is 2. The Morgan fingerprint density at radius 2 is 1.71 bits per heavy atom. The van der Waals surface area contributed by atoms with Crippen LogP contribution in [0.25, 0.3) is 0 Å². The lowest BCUT2D eigenvalue weighted by atomic mass is 9.43. The van der Waals surface area contributed by atoms with Crippen molar-refractivity contribution in [2.45, 2.75) is 64.5 Å². The Morgan fingerprint density at radius 3 is 2.29 bits per heavy atom. The predicted molar refractivity (Wildman–Crippen MR) is 96.5 cm³/mol. The average Bonchev–Trinajstić information content (AvgIpc) is 2.49. The highest BCUT2D eigenvalue weighted by Crippen LogP contribution is 2.66. The summed E-state index contributed by atoms with van der Waals surface area (Å²) in [6.07, 6.45) is 8.31. The first kappa shape index (κ1) is 16.3. The largest absolute Gasteiger partial charge is 0.497 e. The molecule has 0 amide bonds. The second-order valence-corrected chi connectivity index (χ2v) is 9.44. The van der Waals surface area contributed by atoms with Crippen LogP contribution in [0.3, 0.4) is 0 Å². The van der Waals surface area contributed by atoms with Gasteiger partial charge in [0, 0.05) is 17.6 Å². The third-order valence-corrected chi connectivity index (χ3v) is 6.77. The van der Waals surface area contributed by atoms with Gasteiger partial charge in [-0.1, -0.05) is 13.8 Å². The Balaban J connectivity index is 1.56. The molecule has 2 unspecified atom stereocenters. The van der Waals surface area contributed by atoms with E-state index >= 15 is 0 Å². The van der Waals surface area contributed by atoms with E-state index in [0.29, 0.717) is 16.4 Å². The summed E-state index contributed by atoms with van der Waals surface area (Å²) >= 11 is 0. The van der Waals surface area contributed by atoms with E-state index in [9.17, 15) is 0 Å². The number of ether oxygens (including phenoxy) is 2. The monoisotopic (exact) mass is 329 g/mol. The minimum atomic E-state index is 0.316. The molecule has 5 rings (SSSR count). The molecule has 0 saturated heterocycles. The zero-order valence-corrected chi connectivity index (χ0v) is 15.6. The van der Waals surface area contributed by atoms with Gasteiger partial charge < -0.3 is 14.8 Å². The van der Waals surface area contributed by atoms with E-state index in [0.717, 1.165) is 24.0 Å². The van der Waals surface area contributed by atoms with Crippen molar-refractivity contribution in [1.82, 2.24) is 5.32 Å². The average molecular weight is 329 g/mol. The van der Waals surface area contributed by atoms with E-state index in [1.165, 1.54) is 44.1 Å². The van der Waals surface area contributed by atoms with Crippen molar-refractivity contribution < 1.29 is 9.47 Å². The van der Waals surface area contributed by atoms with Crippen molar-refractivity contribution in [3.8, 4) is 11.5 Å². The van der Waals surface area contributed by atoms with Gasteiger partial charge in [-0.05, 0) is 73.5 Å². The van der Waals surface area contributed by atoms with Gasteiger partial charge in [0.2, 0.25) is 0 Å². The van der Waals surface area contributed by atoms with Gasteiger partial charge in [0.1, 0.15) is 11.5 Å². The van der Waals surface area contributed by atoms with Crippen LogP contribution in [0, 0.1) is 16.7 Å². The third-order valence-electron chi connectivity index (χ3n) is 6.77. The number of hydrogen-bond donors (Lipinski definition) is 1. The maximum absolute atomic E-state index is 5.56. The zero-order valence-electron chi connectivity index (χ0n) is 15.6. The van der Waals surface area contributed by atoms with Gasteiger partial charge in [0.15, 0.2) is 0 Å². The number of rotatable bonds is 5. The first-order chi connectivity index (χ1) is 11.4. The molecule has 4 fully saturated rings. The highest BCUT2D eigenvalue weighted by molar-refractivity contribution is 5.40. The molecule has 1 aromatic rings. The topological polar surface area (TPSA) is 30.5 Å². The van der Waals surface area contributed by atoms with Crippen molar-refractivity contribution in [3.63, 3.8) is 0 Å². The van der Waals surface area contributed by atoms with Gasteiger partial charge in [-0.2, -0.15) is 0 Å². The maximum Gasteiger partial charge on any atom is 0.123 e. The van der Waals surface area contributed by atoms with Gasteiger partial charge in [0.25, 0.3) is 0 Å². The summed E-state index contributed by atoms with van der Waals surface area (Å²) in [6, 6.07) is 6.09. The minimum absolute atomic E-state index is 0.316. The molecule has 4 bridgehead atoms. The van der Waals surface area contributed by atoms with Crippen LogP contribution in [0.4, 0.5) is 0 Å². The Kier molecular flexibility index (Phi) is 3.65. The van der Waals surface area contributed by atoms with Crippen LogP contribution in [0.5, 0.6) is 11.5 Å². The Labute approximate surface area is 146 Å². The smallest absolute Gasteiger partial charge is 0.123 e. The molecular weight excluding hydrogens is 298 g/mol. The molecule has 0 aliphatic heterocycles. The van der Waals surface area contributed by atoms with E-state index < -0.39 is 0 Å². The van der Waals surface area contributed by atoms with Crippen molar-refractivity contribution in [3.05, 3.63) is 23.8 Å². The predicted octanol–water partition coefficient (Wildman–Crippen LogP) is 4.54. The van der Waals surface area contributed by atoms with Crippen molar-refractivity contribution in [2.75, 3.05) is 14.2 Å². The number of benzene rings is 1. The van der Waals surface area contributed by atoms with Crippen molar-refractivity contribution in [1.29, 1.82) is 0 Å². The lowest BCUT2D eigenvalue weighted by Gasteiger charge is -2.65. The molecule has 4 saturated carbocycles. The van der Waals surface area contributed by atoms with Gasteiger partial charge in [-0.25, -0.2) is 0 Å². The van der Waals surface area contributed by atoms with Crippen molar-refractivity contribution >= 4 is 0 Å². The SMILES string of the molecule is COc1ccc(OC)c(CNC23CC4C[C@@](C)(C2)C[C@](C)(C4)C3)c1. The lowest BCUT2D eigenvalue weighted by molar-refractivity contribution is -0.118. The van der Waals surface area contributed by atoms with Crippen LogP contribution in [-0.4, -0.2) is 19.8 Å². The highest BCUT2D eigenvalue weighted by atomic mass is 16.5. The first-order valence-electron chi connectivity index (χ1n) is 9.33. The van der Waals surface area contributed by atoms with E-state index in [1.807, 2.05) is 12.1 Å². The van der Waals surface area contributed by atoms with Gasteiger partial charge in [-0.15, -0.1) is 0 Å². The highest BCUT2D eigenvalue weighted by Gasteiger charge is 2.59. The zero-order chi connectivity index (χ0) is 17.0. The molecule has 0 radical (unpaired) electrons. The summed E-state index contributed by atoms with van der Waals surface area (Å²) in [4.78, 5) is 0. The number of hydrogen-bond acceptors (Lipinski definition) is 3. The van der Waals surface area contributed by atoms with E-state index in [1.54, 1.807) is 14.2 Å². The van der Waals surface area contributed by atoms with Crippen LogP contribution >= 0.6 is 0 Å². The van der Waals surface area contributed by atoms with Crippen LogP contribution in [0.1, 0.15) is 57.9 Å². The molecule has 0 spiro atoms. The van der Waals surface area contributed by atoms with Crippen molar-refractivity contribution in [2.24, 2.45) is 16.7 Å². The molecule has 1 N–H and O–H groups in total. The quantitative estimate of drug-likeness (QED) is 0.860. The fourth-order valence-electron chi connectivity index (χ4n) is 6.95. The van der Waals surface area contributed by atoms with Gasteiger partial charge in [0.05, 0.1) is 14.2 Å². The summed E-state index contributed by atoms with van der Waals surface area (Å²) < 4.78 is 11.0. The minimum Gasteiger partial charge on any atom is -0.497 e. The molecular formula is C21H31NO2. The Hall–Kier alpha value is -1.22. The van der Waals surface area contributed by atoms with Crippen LogP contribution in [0.15, 0.2) is 18.2 Å². The van der Waals surface area contributed by atoms with Crippen LogP contribution in [0.2, 0.25) is 0 Å². The van der Waals surface area contributed by atoms with E-state index in [-0.39, 0.29) is 0 Å². The lowest BCUT2D eigenvalue weighted by Crippen LogP contribution is -2.63. The molecule has 3 nitrogen and oxygen atoms in total. The molecule has 132 valence electrons. The standard InChI is InChI=1S/C21H31NO2/c1-19-8-15-9-20(2,12-19)14-21(10-15,13-19)22-11-16-7-17(23-3)5-6-18(16)24-4/h5-7,15,22H,8-14H2,1-4H3/t15?,19-,20+,21?.